The minimum atomic E-state index is -1.54. The SMILES string of the molecule is C=CCO[C@H]1O[C@H](COC(=O)c2ccccc2)[C@@H](O)[C@H](OC(=O)c2ccccc2)[C@@H]1OC(=O)c1ccccc1. The maximum atomic E-state index is 13.0. The van der Waals surface area contributed by atoms with E-state index in [4.69, 9.17) is 23.7 Å². The molecule has 4 rings (SSSR count). The van der Waals surface area contributed by atoms with Crippen molar-refractivity contribution in [3.05, 3.63) is 120 Å². The number of esters is 3. The number of carbonyl (C=O) groups excluding carboxylic acids is 3. The Morgan fingerprint density at radius 3 is 1.69 bits per heavy atom. The standard InChI is InChI=1S/C30H28O9/c1-2-18-35-30-26(39-29(34)22-16-10-5-11-17-22)25(38-28(33)21-14-8-4-9-15-21)24(31)23(37-30)19-36-27(32)20-12-6-3-7-13-20/h2-17,23-26,30-31H,1,18-19H2/t23-,24-,25+,26+,30+/m1/s1. The van der Waals surface area contributed by atoms with E-state index < -0.39 is 48.6 Å². The number of aliphatic hydroxyl groups excluding tert-OH is 1. The molecule has 39 heavy (non-hydrogen) atoms. The van der Waals surface area contributed by atoms with Gasteiger partial charge in [0.2, 0.25) is 0 Å². The van der Waals surface area contributed by atoms with Crippen molar-refractivity contribution in [3.8, 4) is 0 Å². The Balaban J connectivity index is 1.59. The number of rotatable bonds is 10. The summed E-state index contributed by atoms with van der Waals surface area (Å²) in [5.41, 5.74) is 0.769. The summed E-state index contributed by atoms with van der Waals surface area (Å²) in [5.74, 6) is -2.13. The smallest absolute Gasteiger partial charge is 0.338 e. The van der Waals surface area contributed by atoms with Crippen LogP contribution >= 0.6 is 0 Å². The summed E-state index contributed by atoms with van der Waals surface area (Å²) in [6, 6.07) is 24.6. The average molecular weight is 533 g/mol. The molecule has 9 nitrogen and oxygen atoms in total. The van der Waals surface area contributed by atoms with E-state index in [9.17, 15) is 19.5 Å². The van der Waals surface area contributed by atoms with Gasteiger partial charge in [0.25, 0.3) is 0 Å². The Bertz CT molecular complexity index is 1250. The predicted molar refractivity (Wildman–Crippen MR) is 139 cm³/mol. The van der Waals surface area contributed by atoms with E-state index in [1.807, 2.05) is 0 Å². The summed E-state index contributed by atoms with van der Waals surface area (Å²) in [5, 5.41) is 11.2. The summed E-state index contributed by atoms with van der Waals surface area (Å²) in [7, 11) is 0. The molecule has 3 aromatic carbocycles. The highest BCUT2D eigenvalue weighted by Crippen LogP contribution is 2.29. The van der Waals surface area contributed by atoms with Crippen molar-refractivity contribution in [2.75, 3.05) is 13.2 Å². The van der Waals surface area contributed by atoms with Gasteiger partial charge in [-0.15, -0.1) is 6.58 Å². The third-order valence-electron chi connectivity index (χ3n) is 5.89. The van der Waals surface area contributed by atoms with E-state index in [1.165, 1.54) is 6.08 Å². The minimum absolute atomic E-state index is 0.00394. The number of carbonyl (C=O) groups is 3. The van der Waals surface area contributed by atoms with Crippen molar-refractivity contribution in [1.29, 1.82) is 0 Å². The van der Waals surface area contributed by atoms with Crippen LogP contribution in [0.3, 0.4) is 0 Å². The number of benzene rings is 3. The number of ether oxygens (including phenoxy) is 5. The van der Waals surface area contributed by atoms with Gasteiger partial charge < -0.3 is 28.8 Å². The van der Waals surface area contributed by atoms with Crippen LogP contribution in [0.1, 0.15) is 31.1 Å². The Morgan fingerprint density at radius 2 is 1.21 bits per heavy atom. The molecule has 0 saturated carbocycles. The lowest BCUT2D eigenvalue weighted by Gasteiger charge is -2.42. The predicted octanol–water partition coefficient (Wildman–Crippen LogP) is 3.58. The fourth-order valence-electron chi connectivity index (χ4n) is 3.93. The molecule has 0 bridgehead atoms. The van der Waals surface area contributed by atoms with Crippen LogP contribution in [0.25, 0.3) is 0 Å². The topological polar surface area (TPSA) is 118 Å². The van der Waals surface area contributed by atoms with Crippen molar-refractivity contribution in [3.63, 3.8) is 0 Å². The Kier molecular flexibility index (Phi) is 9.58. The zero-order valence-corrected chi connectivity index (χ0v) is 21.0. The van der Waals surface area contributed by atoms with Gasteiger partial charge >= 0.3 is 17.9 Å². The van der Waals surface area contributed by atoms with E-state index >= 15 is 0 Å². The molecule has 0 spiro atoms. The lowest BCUT2D eigenvalue weighted by atomic mass is 9.98. The molecule has 1 aliphatic rings. The Labute approximate surface area is 225 Å². The fraction of sp³-hybridized carbons (Fsp3) is 0.233. The zero-order valence-electron chi connectivity index (χ0n) is 21.0. The molecule has 1 fully saturated rings. The van der Waals surface area contributed by atoms with E-state index in [2.05, 4.69) is 6.58 Å². The van der Waals surface area contributed by atoms with Crippen LogP contribution in [0.5, 0.6) is 0 Å². The summed E-state index contributed by atoms with van der Waals surface area (Å²) in [4.78, 5) is 38.4. The van der Waals surface area contributed by atoms with Crippen LogP contribution in [-0.2, 0) is 23.7 Å². The molecule has 0 radical (unpaired) electrons. The van der Waals surface area contributed by atoms with Gasteiger partial charge in [0.15, 0.2) is 18.5 Å². The molecule has 3 aromatic rings. The zero-order chi connectivity index (χ0) is 27.6. The number of aliphatic hydroxyl groups is 1. The number of hydrogen-bond acceptors (Lipinski definition) is 9. The molecule has 9 heteroatoms. The second-order valence-electron chi connectivity index (χ2n) is 8.59. The summed E-state index contributed by atoms with van der Waals surface area (Å²) in [6.07, 6.45) is -5.32. The Morgan fingerprint density at radius 1 is 0.744 bits per heavy atom. The van der Waals surface area contributed by atoms with Gasteiger partial charge in [-0.25, -0.2) is 14.4 Å². The quantitative estimate of drug-likeness (QED) is 0.237. The van der Waals surface area contributed by atoms with Crippen LogP contribution in [0, 0.1) is 0 Å². The van der Waals surface area contributed by atoms with E-state index in [0.29, 0.717) is 5.56 Å². The molecule has 0 aliphatic carbocycles. The maximum absolute atomic E-state index is 13.0. The second-order valence-corrected chi connectivity index (χ2v) is 8.59. The first kappa shape index (κ1) is 27.7. The molecule has 0 unspecified atom stereocenters. The number of hydrogen-bond donors (Lipinski definition) is 1. The first-order valence-corrected chi connectivity index (χ1v) is 12.3. The van der Waals surface area contributed by atoms with Gasteiger partial charge in [-0.05, 0) is 36.4 Å². The third-order valence-corrected chi connectivity index (χ3v) is 5.89. The first-order chi connectivity index (χ1) is 19.0. The van der Waals surface area contributed by atoms with E-state index in [1.54, 1.807) is 91.0 Å². The monoisotopic (exact) mass is 532 g/mol. The first-order valence-electron chi connectivity index (χ1n) is 12.3. The van der Waals surface area contributed by atoms with Crippen LogP contribution in [-0.4, -0.2) is 66.9 Å². The van der Waals surface area contributed by atoms with Gasteiger partial charge in [-0.1, -0.05) is 60.7 Å². The van der Waals surface area contributed by atoms with Gasteiger partial charge in [0, 0.05) is 0 Å². The summed E-state index contributed by atoms with van der Waals surface area (Å²) >= 11 is 0. The molecular formula is C30H28O9. The van der Waals surface area contributed by atoms with E-state index in [0.717, 1.165) is 0 Å². The lowest BCUT2D eigenvalue weighted by molar-refractivity contribution is -0.296. The fourth-order valence-corrected chi connectivity index (χ4v) is 3.93. The van der Waals surface area contributed by atoms with Gasteiger partial charge in [-0.2, -0.15) is 0 Å². The van der Waals surface area contributed by atoms with Crippen molar-refractivity contribution in [2.45, 2.75) is 30.7 Å². The molecule has 1 aliphatic heterocycles. The van der Waals surface area contributed by atoms with Gasteiger partial charge in [0.05, 0.1) is 23.3 Å². The molecule has 1 N–H and O–H groups in total. The summed E-state index contributed by atoms with van der Waals surface area (Å²) in [6.45, 7) is 3.23. The van der Waals surface area contributed by atoms with Gasteiger partial charge in [0.1, 0.15) is 18.8 Å². The van der Waals surface area contributed by atoms with Crippen molar-refractivity contribution in [2.24, 2.45) is 0 Å². The largest absolute Gasteiger partial charge is 0.459 e. The molecule has 1 saturated heterocycles. The maximum Gasteiger partial charge on any atom is 0.338 e. The van der Waals surface area contributed by atoms with Crippen molar-refractivity contribution in [1.82, 2.24) is 0 Å². The molecule has 0 aromatic heterocycles. The highest BCUT2D eigenvalue weighted by molar-refractivity contribution is 5.90. The van der Waals surface area contributed by atoms with Crippen molar-refractivity contribution >= 4 is 17.9 Å². The normalized spacial score (nSPS) is 22.3. The molecular weight excluding hydrogens is 504 g/mol. The van der Waals surface area contributed by atoms with Gasteiger partial charge in [-0.3, -0.25) is 0 Å². The van der Waals surface area contributed by atoms with Crippen LogP contribution in [0.15, 0.2) is 104 Å². The molecule has 202 valence electrons. The minimum Gasteiger partial charge on any atom is -0.459 e. The summed E-state index contributed by atoms with van der Waals surface area (Å²) < 4.78 is 28.3. The highest BCUT2D eigenvalue weighted by Gasteiger charge is 2.51. The van der Waals surface area contributed by atoms with Crippen LogP contribution < -0.4 is 0 Å². The Hall–Kier alpha value is -4.31. The molecule has 5 atom stereocenters. The van der Waals surface area contributed by atoms with Crippen LogP contribution in [0.4, 0.5) is 0 Å². The van der Waals surface area contributed by atoms with E-state index in [-0.39, 0.29) is 24.3 Å². The average Bonchev–Trinajstić information content (AvgIpc) is 2.99. The lowest BCUT2D eigenvalue weighted by Crippen LogP contribution is -2.62. The highest BCUT2D eigenvalue weighted by atomic mass is 16.7. The molecule has 1 heterocycles. The third kappa shape index (κ3) is 7.17. The molecule has 0 amide bonds. The van der Waals surface area contributed by atoms with Crippen LogP contribution in [0.2, 0.25) is 0 Å². The second kappa shape index (κ2) is 13.5. The van der Waals surface area contributed by atoms with Crippen molar-refractivity contribution < 1.29 is 43.2 Å².